The molecule has 1 unspecified atom stereocenters. The minimum Gasteiger partial charge on any atom is -0.338 e. The molecule has 1 aromatic carbocycles. The van der Waals surface area contributed by atoms with E-state index in [0.29, 0.717) is 15.9 Å². The summed E-state index contributed by atoms with van der Waals surface area (Å²) in [4.78, 5) is 6.94. The second-order valence-corrected chi connectivity index (χ2v) is 7.15. The third-order valence-corrected chi connectivity index (χ3v) is 5.48. The van der Waals surface area contributed by atoms with Crippen molar-refractivity contribution in [1.82, 2.24) is 20.4 Å². The quantitative estimate of drug-likeness (QED) is 0.919. The fourth-order valence-electron chi connectivity index (χ4n) is 3.31. The molecule has 0 bridgehead atoms. The van der Waals surface area contributed by atoms with Crippen LogP contribution >= 0.6 is 23.2 Å². The van der Waals surface area contributed by atoms with E-state index < -0.39 is 0 Å². The zero-order valence-corrected chi connectivity index (χ0v) is 14.4. The fraction of sp³-hybridized carbons (Fsp3) is 0.500. The van der Waals surface area contributed by atoms with Crippen LogP contribution in [0.2, 0.25) is 10.0 Å². The molecule has 23 heavy (non-hydrogen) atoms. The predicted octanol–water partition coefficient (Wildman–Crippen LogP) is 3.03. The Balaban J connectivity index is 1.69. The second-order valence-electron chi connectivity index (χ2n) is 6.34. The van der Waals surface area contributed by atoms with E-state index in [-0.39, 0.29) is 11.5 Å². The lowest BCUT2D eigenvalue weighted by atomic mass is 9.95. The molecule has 2 heterocycles. The number of hydrogen-bond donors (Lipinski definition) is 1. The summed E-state index contributed by atoms with van der Waals surface area (Å²) in [6, 6.07) is 5.71. The molecule has 4 rings (SSSR count). The lowest BCUT2D eigenvalue weighted by Gasteiger charge is -2.30. The molecule has 2 fully saturated rings. The van der Waals surface area contributed by atoms with E-state index >= 15 is 0 Å². The van der Waals surface area contributed by atoms with E-state index in [1.165, 1.54) is 0 Å². The Labute approximate surface area is 144 Å². The van der Waals surface area contributed by atoms with Gasteiger partial charge in [0.05, 0.1) is 11.5 Å². The molecule has 122 valence electrons. The Morgan fingerprint density at radius 1 is 1.30 bits per heavy atom. The van der Waals surface area contributed by atoms with Gasteiger partial charge in [-0.1, -0.05) is 34.4 Å². The van der Waals surface area contributed by atoms with Gasteiger partial charge in [-0.05, 0) is 32.0 Å². The summed E-state index contributed by atoms with van der Waals surface area (Å²) in [5, 5.41) is 8.92. The lowest BCUT2D eigenvalue weighted by molar-refractivity contribution is 0.190. The fourth-order valence-corrected chi connectivity index (χ4v) is 4.07. The van der Waals surface area contributed by atoms with E-state index in [1.807, 2.05) is 18.2 Å². The van der Waals surface area contributed by atoms with Crippen molar-refractivity contribution in [2.75, 3.05) is 26.7 Å². The van der Waals surface area contributed by atoms with Crippen molar-refractivity contribution in [3.8, 4) is 0 Å². The zero-order chi connectivity index (χ0) is 16.0. The van der Waals surface area contributed by atoms with Crippen LogP contribution in [0, 0.1) is 0 Å². The molecule has 5 nitrogen and oxygen atoms in total. The van der Waals surface area contributed by atoms with Crippen LogP contribution in [0.3, 0.4) is 0 Å². The number of nitrogens with one attached hydrogen (secondary N) is 1. The first kappa shape index (κ1) is 15.4. The third-order valence-electron chi connectivity index (χ3n) is 4.85. The van der Waals surface area contributed by atoms with Gasteiger partial charge in [0.1, 0.15) is 0 Å². The van der Waals surface area contributed by atoms with Crippen molar-refractivity contribution in [3.63, 3.8) is 0 Å². The van der Waals surface area contributed by atoms with Crippen LogP contribution in [-0.2, 0) is 5.41 Å². The molecule has 1 aliphatic heterocycles. The van der Waals surface area contributed by atoms with Crippen molar-refractivity contribution in [2.24, 2.45) is 0 Å². The Morgan fingerprint density at radius 3 is 2.70 bits per heavy atom. The predicted molar refractivity (Wildman–Crippen MR) is 89.0 cm³/mol. The van der Waals surface area contributed by atoms with Gasteiger partial charge in [0, 0.05) is 35.2 Å². The molecule has 2 aliphatic rings. The minimum absolute atomic E-state index is 0.138. The highest BCUT2D eigenvalue weighted by atomic mass is 35.5. The van der Waals surface area contributed by atoms with Crippen molar-refractivity contribution in [2.45, 2.75) is 24.3 Å². The Bertz CT molecular complexity index is 708. The number of aromatic nitrogens is 2. The van der Waals surface area contributed by atoms with Crippen molar-refractivity contribution in [1.29, 1.82) is 0 Å². The molecule has 2 aromatic rings. The average molecular weight is 353 g/mol. The summed E-state index contributed by atoms with van der Waals surface area (Å²) in [5.41, 5.74) is 0.593. The topological polar surface area (TPSA) is 54.2 Å². The van der Waals surface area contributed by atoms with Crippen LogP contribution in [0.4, 0.5) is 0 Å². The molecule has 1 aliphatic carbocycles. The van der Waals surface area contributed by atoms with Crippen molar-refractivity contribution < 1.29 is 4.52 Å². The molecular formula is C16H18Cl2N4O. The van der Waals surface area contributed by atoms with Gasteiger partial charge in [-0.25, -0.2) is 0 Å². The smallest absolute Gasteiger partial charge is 0.237 e. The largest absolute Gasteiger partial charge is 0.338 e. The van der Waals surface area contributed by atoms with Crippen molar-refractivity contribution >= 4 is 23.2 Å². The molecule has 7 heteroatoms. The second kappa shape index (κ2) is 5.74. The molecule has 0 radical (unpaired) electrons. The molecule has 1 atom stereocenters. The first-order valence-corrected chi connectivity index (χ1v) is 8.57. The van der Waals surface area contributed by atoms with E-state index in [0.717, 1.165) is 43.9 Å². The number of benzene rings is 1. The first-order chi connectivity index (χ1) is 11.1. The number of piperazine rings is 1. The summed E-state index contributed by atoms with van der Waals surface area (Å²) >= 11 is 12.8. The highest BCUT2D eigenvalue weighted by molar-refractivity contribution is 6.36. The van der Waals surface area contributed by atoms with Crippen LogP contribution in [0.25, 0.3) is 0 Å². The third kappa shape index (κ3) is 2.56. The molecule has 1 aromatic heterocycles. The summed E-state index contributed by atoms with van der Waals surface area (Å²) in [6.07, 6.45) is 1.85. The first-order valence-electron chi connectivity index (χ1n) is 7.81. The van der Waals surface area contributed by atoms with Crippen molar-refractivity contribution in [3.05, 3.63) is 45.5 Å². The monoisotopic (exact) mass is 352 g/mol. The van der Waals surface area contributed by atoms with Gasteiger partial charge in [0.2, 0.25) is 5.89 Å². The molecular weight excluding hydrogens is 335 g/mol. The van der Waals surface area contributed by atoms with Gasteiger partial charge in [-0.2, -0.15) is 4.98 Å². The van der Waals surface area contributed by atoms with Crippen LogP contribution in [0.15, 0.2) is 22.7 Å². The van der Waals surface area contributed by atoms with Crippen LogP contribution in [0.1, 0.15) is 36.2 Å². The van der Waals surface area contributed by atoms with Gasteiger partial charge in [0.15, 0.2) is 5.82 Å². The van der Waals surface area contributed by atoms with Gasteiger partial charge >= 0.3 is 0 Å². The molecule has 0 spiro atoms. The van der Waals surface area contributed by atoms with E-state index in [1.54, 1.807) is 0 Å². The van der Waals surface area contributed by atoms with E-state index in [2.05, 4.69) is 22.4 Å². The normalized spacial score (nSPS) is 23.9. The zero-order valence-electron chi connectivity index (χ0n) is 12.9. The minimum atomic E-state index is -0.318. The van der Waals surface area contributed by atoms with Gasteiger partial charge in [-0.3, -0.25) is 4.90 Å². The number of nitrogens with zero attached hydrogens (tertiary/aromatic N) is 3. The van der Waals surface area contributed by atoms with Crippen LogP contribution in [-0.4, -0.2) is 41.7 Å². The number of likely N-dealkylation sites (N-methyl/N-ethyl adjacent to an activating group) is 1. The standard InChI is InChI=1S/C16H18Cl2N4O/c1-22-8-7-19-9-12(22)14-20-15(23-21-14)16(5-6-16)13-10(17)3-2-4-11(13)18/h2-4,12,19H,5-9H2,1H3. The van der Waals surface area contributed by atoms with Crippen LogP contribution < -0.4 is 5.32 Å². The van der Waals surface area contributed by atoms with Gasteiger partial charge in [0.25, 0.3) is 0 Å². The van der Waals surface area contributed by atoms with E-state index in [9.17, 15) is 0 Å². The maximum atomic E-state index is 6.39. The Kier molecular flexibility index (Phi) is 3.84. The molecule has 1 saturated carbocycles. The number of halogens is 2. The molecule has 1 saturated heterocycles. The molecule has 0 amide bonds. The highest BCUT2D eigenvalue weighted by Crippen LogP contribution is 2.56. The van der Waals surface area contributed by atoms with E-state index in [4.69, 9.17) is 32.7 Å². The summed E-state index contributed by atoms with van der Waals surface area (Å²) in [7, 11) is 2.08. The SMILES string of the molecule is CN1CCNCC1c1noc(C2(c3c(Cl)cccc3Cl)CC2)n1. The maximum Gasteiger partial charge on any atom is 0.237 e. The Morgan fingerprint density at radius 2 is 2.04 bits per heavy atom. The van der Waals surface area contributed by atoms with Gasteiger partial charge in [-0.15, -0.1) is 0 Å². The number of rotatable bonds is 3. The molecule has 1 N–H and O–H groups in total. The summed E-state index contributed by atoms with van der Waals surface area (Å²) in [6.45, 7) is 2.78. The average Bonchev–Trinajstić information content (AvgIpc) is 3.17. The lowest BCUT2D eigenvalue weighted by Crippen LogP contribution is -2.44. The Hall–Kier alpha value is -1.14. The maximum absolute atomic E-state index is 6.39. The number of hydrogen-bond acceptors (Lipinski definition) is 5. The highest BCUT2D eigenvalue weighted by Gasteiger charge is 2.53. The summed E-state index contributed by atoms with van der Waals surface area (Å²) < 4.78 is 5.63. The van der Waals surface area contributed by atoms with Crippen LogP contribution in [0.5, 0.6) is 0 Å². The summed E-state index contributed by atoms with van der Waals surface area (Å²) in [5.74, 6) is 1.35. The van der Waals surface area contributed by atoms with Gasteiger partial charge < -0.3 is 9.84 Å².